The average Bonchev–Trinajstić information content (AvgIpc) is 1.78. The molecule has 0 aromatic rings. The zero-order valence-electron chi connectivity index (χ0n) is 7.22. The first-order valence-corrected chi connectivity index (χ1v) is 3.96. The molecule has 1 heterocycles. The van der Waals surface area contributed by atoms with Crippen molar-refractivity contribution >= 4 is 0 Å². The molecular formula is C8H18N2. The lowest BCUT2D eigenvalue weighted by atomic mass is 9.80. The number of nitrogens with zero attached hydrogens (tertiary/aromatic N) is 1. The van der Waals surface area contributed by atoms with Gasteiger partial charge in [-0.25, -0.2) is 0 Å². The number of hydrogen-bond donors (Lipinski definition) is 1. The first kappa shape index (κ1) is 8.02. The van der Waals surface area contributed by atoms with E-state index in [4.69, 9.17) is 5.73 Å². The monoisotopic (exact) mass is 142 g/mol. The van der Waals surface area contributed by atoms with Crippen LogP contribution in [0.25, 0.3) is 0 Å². The van der Waals surface area contributed by atoms with Crippen LogP contribution in [0.1, 0.15) is 20.3 Å². The lowest BCUT2D eigenvalue weighted by molar-refractivity contribution is 0.117. The van der Waals surface area contributed by atoms with E-state index in [1.54, 1.807) is 0 Å². The van der Waals surface area contributed by atoms with E-state index >= 15 is 0 Å². The number of piperidine rings is 1. The van der Waals surface area contributed by atoms with E-state index in [-0.39, 0.29) is 0 Å². The normalized spacial score (nSPS) is 34.2. The van der Waals surface area contributed by atoms with Crippen LogP contribution in [0.4, 0.5) is 0 Å². The van der Waals surface area contributed by atoms with Crippen LogP contribution in [0.2, 0.25) is 0 Å². The quantitative estimate of drug-likeness (QED) is 0.539. The average molecular weight is 142 g/mol. The SMILES string of the molecule is CN1CC[C@@H](N)C(C)(C)C1. The van der Waals surface area contributed by atoms with Crippen LogP contribution >= 0.6 is 0 Å². The molecule has 1 saturated heterocycles. The van der Waals surface area contributed by atoms with Crippen molar-refractivity contribution in [2.75, 3.05) is 20.1 Å². The minimum absolute atomic E-state index is 0.312. The van der Waals surface area contributed by atoms with Crippen molar-refractivity contribution in [3.8, 4) is 0 Å². The Morgan fingerprint density at radius 2 is 2.10 bits per heavy atom. The van der Waals surface area contributed by atoms with Gasteiger partial charge in [0.2, 0.25) is 0 Å². The fourth-order valence-corrected chi connectivity index (χ4v) is 1.64. The largest absolute Gasteiger partial charge is 0.327 e. The van der Waals surface area contributed by atoms with Gasteiger partial charge in [-0.2, -0.15) is 0 Å². The van der Waals surface area contributed by atoms with E-state index in [2.05, 4.69) is 25.8 Å². The summed E-state index contributed by atoms with van der Waals surface area (Å²) in [6.07, 6.45) is 1.14. The molecule has 0 aromatic carbocycles. The minimum Gasteiger partial charge on any atom is -0.327 e. The summed E-state index contributed by atoms with van der Waals surface area (Å²) in [6, 6.07) is 0.392. The van der Waals surface area contributed by atoms with Crippen LogP contribution in [0, 0.1) is 5.41 Å². The molecule has 2 nitrogen and oxygen atoms in total. The highest BCUT2D eigenvalue weighted by atomic mass is 15.1. The Hall–Kier alpha value is -0.0800. The Kier molecular flexibility index (Phi) is 2.02. The molecule has 2 N–H and O–H groups in total. The van der Waals surface area contributed by atoms with Crippen LogP contribution in [0.15, 0.2) is 0 Å². The summed E-state index contributed by atoms with van der Waals surface area (Å²) in [6.45, 7) is 6.78. The van der Waals surface area contributed by atoms with Gasteiger partial charge in [0.15, 0.2) is 0 Å². The molecule has 1 aliphatic heterocycles. The lowest BCUT2D eigenvalue weighted by Crippen LogP contribution is -2.51. The Morgan fingerprint density at radius 3 is 2.50 bits per heavy atom. The van der Waals surface area contributed by atoms with Crippen LogP contribution in [0.3, 0.4) is 0 Å². The second kappa shape index (κ2) is 2.51. The third-order valence-corrected chi connectivity index (χ3v) is 2.50. The maximum absolute atomic E-state index is 5.95. The summed E-state index contributed by atoms with van der Waals surface area (Å²) in [5.74, 6) is 0. The van der Waals surface area contributed by atoms with Crippen molar-refractivity contribution in [3.05, 3.63) is 0 Å². The van der Waals surface area contributed by atoms with E-state index in [1.165, 1.54) is 0 Å². The van der Waals surface area contributed by atoms with Crippen LogP contribution < -0.4 is 5.73 Å². The number of likely N-dealkylation sites (tertiary alicyclic amines) is 1. The van der Waals surface area contributed by atoms with Crippen molar-refractivity contribution < 1.29 is 0 Å². The summed E-state index contributed by atoms with van der Waals surface area (Å²) in [4.78, 5) is 2.35. The summed E-state index contributed by atoms with van der Waals surface area (Å²) < 4.78 is 0. The van der Waals surface area contributed by atoms with Crippen LogP contribution in [-0.2, 0) is 0 Å². The van der Waals surface area contributed by atoms with Gasteiger partial charge < -0.3 is 10.6 Å². The van der Waals surface area contributed by atoms with Crippen LogP contribution in [0.5, 0.6) is 0 Å². The highest BCUT2D eigenvalue weighted by molar-refractivity contribution is 4.88. The molecule has 0 amide bonds. The number of rotatable bonds is 0. The number of hydrogen-bond acceptors (Lipinski definition) is 2. The summed E-state index contributed by atoms with van der Waals surface area (Å²) in [5.41, 5.74) is 6.26. The number of nitrogens with two attached hydrogens (primary N) is 1. The van der Waals surface area contributed by atoms with E-state index in [0.717, 1.165) is 19.5 Å². The van der Waals surface area contributed by atoms with Crippen molar-refractivity contribution in [3.63, 3.8) is 0 Å². The zero-order chi connectivity index (χ0) is 7.78. The maximum Gasteiger partial charge on any atom is 0.0115 e. The van der Waals surface area contributed by atoms with Gasteiger partial charge >= 0.3 is 0 Å². The molecule has 0 aromatic heterocycles. The lowest BCUT2D eigenvalue weighted by Gasteiger charge is -2.40. The summed E-state index contributed by atoms with van der Waals surface area (Å²) in [7, 11) is 2.16. The van der Waals surface area contributed by atoms with E-state index in [9.17, 15) is 0 Å². The Balaban J connectivity index is 2.55. The van der Waals surface area contributed by atoms with Gasteiger partial charge in [0, 0.05) is 12.6 Å². The smallest absolute Gasteiger partial charge is 0.0115 e. The minimum atomic E-state index is 0.312. The second-order valence-corrected chi connectivity index (χ2v) is 4.12. The van der Waals surface area contributed by atoms with Gasteiger partial charge in [-0.15, -0.1) is 0 Å². The third kappa shape index (κ3) is 1.50. The molecule has 60 valence electrons. The molecule has 0 bridgehead atoms. The van der Waals surface area contributed by atoms with Gasteiger partial charge in [0.05, 0.1) is 0 Å². The molecule has 0 radical (unpaired) electrons. The molecule has 1 atom stereocenters. The highest BCUT2D eigenvalue weighted by Gasteiger charge is 2.31. The van der Waals surface area contributed by atoms with Crippen molar-refractivity contribution in [2.24, 2.45) is 11.1 Å². The van der Waals surface area contributed by atoms with Gasteiger partial charge in [0.1, 0.15) is 0 Å². The summed E-state index contributed by atoms with van der Waals surface area (Å²) in [5, 5.41) is 0. The van der Waals surface area contributed by atoms with Crippen molar-refractivity contribution in [1.82, 2.24) is 4.90 Å². The first-order valence-electron chi connectivity index (χ1n) is 3.96. The second-order valence-electron chi connectivity index (χ2n) is 4.12. The van der Waals surface area contributed by atoms with Gasteiger partial charge in [-0.1, -0.05) is 13.8 Å². The fraction of sp³-hybridized carbons (Fsp3) is 1.00. The zero-order valence-corrected chi connectivity index (χ0v) is 7.22. The van der Waals surface area contributed by atoms with E-state index in [0.29, 0.717) is 11.5 Å². The Bertz CT molecular complexity index is 120. The molecule has 0 aliphatic carbocycles. The van der Waals surface area contributed by atoms with Gasteiger partial charge in [-0.3, -0.25) is 0 Å². The summed E-state index contributed by atoms with van der Waals surface area (Å²) >= 11 is 0. The van der Waals surface area contributed by atoms with Crippen molar-refractivity contribution in [1.29, 1.82) is 0 Å². The molecule has 10 heavy (non-hydrogen) atoms. The fourth-order valence-electron chi connectivity index (χ4n) is 1.64. The highest BCUT2D eigenvalue weighted by Crippen LogP contribution is 2.26. The van der Waals surface area contributed by atoms with E-state index < -0.39 is 0 Å². The molecule has 0 saturated carbocycles. The van der Waals surface area contributed by atoms with Crippen LogP contribution in [-0.4, -0.2) is 31.1 Å². The standard InChI is InChI=1S/C8H18N2/c1-8(2)6-10(3)5-4-7(8)9/h7H,4-6,9H2,1-3H3/t7-/m1/s1. The molecule has 1 rings (SSSR count). The van der Waals surface area contributed by atoms with E-state index in [1.807, 2.05) is 0 Å². The molecule has 0 spiro atoms. The molecule has 1 aliphatic rings. The first-order chi connectivity index (χ1) is 4.52. The predicted molar refractivity (Wildman–Crippen MR) is 43.9 cm³/mol. The van der Waals surface area contributed by atoms with Gasteiger partial charge in [-0.05, 0) is 25.4 Å². The van der Waals surface area contributed by atoms with Gasteiger partial charge in [0.25, 0.3) is 0 Å². The Labute approximate surface area is 63.4 Å². The maximum atomic E-state index is 5.95. The topological polar surface area (TPSA) is 29.3 Å². The predicted octanol–water partition coefficient (Wildman–Crippen LogP) is 0.675. The van der Waals surface area contributed by atoms with Crippen molar-refractivity contribution in [2.45, 2.75) is 26.3 Å². The molecule has 2 heteroatoms. The Morgan fingerprint density at radius 1 is 1.50 bits per heavy atom. The molecule has 1 fully saturated rings. The molecular weight excluding hydrogens is 124 g/mol. The third-order valence-electron chi connectivity index (χ3n) is 2.50. The molecule has 0 unspecified atom stereocenters.